The highest BCUT2D eigenvalue weighted by Crippen LogP contribution is 2.22. The lowest BCUT2D eigenvalue weighted by Crippen LogP contribution is -2.50. The molecule has 0 atom stereocenters. The largest absolute Gasteiger partial charge is 0.497 e. The first-order chi connectivity index (χ1) is 15.1. The number of nitrogens with zero attached hydrogens (tertiary/aromatic N) is 2. The van der Waals surface area contributed by atoms with Crippen LogP contribution in [0.4, 0.5) is 0 Å². The van der Waals surface area contributed by atoms with E-state index >= 15 is 0 Å². The molecule has 6 heteroatoms. The number of ether oxygens (including phenoxy) is 1. The van der Waals surface area contributed by atoms with Gasteiger partial charge < -0.3 is 19.0 Å². The minimum absolute atomic E-state index is 0.0324. The third kappa shape index (κ3) is 4.97. The van der Waals surface area contributed by atoms with Crippen LogP contribution in [0.25, 0.3) is 11.3 Å². The summed E-state index contributed by atoms with van der Waals surface area (Å²) in [5.41, 5.74) is 1.63. The minimum atomic E-state index is -0.0324. The topological polar surface area (TPSA) is 63.0 Å². The number of benzene rings is 2. The smallest absolute Gasteiger partial charge is 0.254 e. The molecule has 2 amide bonds. The van der Waals surface area contributed by atoms with E-state index in [0.29, 0.717) is 50.3 Å². The lowest BCUT2D eigenvalue weighted by molar-refractivity contribution is -0.132. The number of hydrogen-bond donors (Lipinski definition) is 0. The molecule has 1 aliphatic rings. The van der Waals surface area contributed by atoms with Crippen molar-refractivity contribution >= 4 is 11.8 Å². The molecule has 0 radical (unpaired) electrons. The van der Waals surface area contributed by atoms with Crippen LogP contribution in [0, 0.1) is 0 Å². The van der Waals surface area contributed by atoms with Crippen molar-refractivity contribution < 1.29 is 18.7 Å². The first kappa shape index (κ1) is 20.7. The van der Waals surface area contributed by atoms with E-state index in [-0.39, 0.29) is 11.8 Å². The van der Waals surface area contributed by atoms with Crippen LogP contribution in [0.2, 0.25) is 0 Å². The van der Waals surface area contributed by atoms with E-state index in [2.05, 4.69) is 0 Å². The van der Waals surface area contributed by atoms with Gasteiger partial charge in [0.1, 0.15) is 17.3 Å². The molecule has 1 fully saturated rings. The maximum atomic E-state index is 12.7. The van der Waals surface area contributed by atoms with Gasteiger partial charge in [0.05, 0.1) is 7.11 Å². The van der Waals surface area contributed by atoms with E-state index in [1.807, 2.05) is 59.5 Å². The third-order valence-electron chi connectivity index (χ3n) is 5.54. The Balaban J connectivity index is 1.27. The van der Waals surface area contributed by atoms with Gasteiger partial charge in [0.25, 0.3) is 5.91 Å². The van der Waals surface area contributed by atoms with Crippen molar-refractivity contribution in [2.45, 2.75) is 12.8 Å². The van der Waals surface area contributed by atoms with Crippen molar-refractivity contribution in [1.82, 2.24) is 9.80 Å². The number of aryl methyl sites for hydroxylation is 1. The Morgan fingerprint density at radius 2 is 1.65 bits per heavy atom. The van der Waals surface area contributed by atoms with E-state index in [9.17, 15) is 9.59 Å². The molecule has 0 saturated carbocycles. The van der Waals surface area contributed by atoms with Gasteiger partial charge in [-0.15, -0.1) is 0 Å². The van der Waals surface area contributed by atoms with E-state index in [1.165, 1.54) is 0 Å². The molecule has 31 heavy (non-hydrogen) atoms. The molecular formula is C25H26N2O4. The normalized spacial score (nSPS) is 13.8. The van der Waals surface area contributed by atoms with Crippen LogP contribution in [0.15, 0.2) is 71.1 Å². The lowest BCUT2D eigenvalue weighted by Gasteiger charge is -2.35. The number of rotatable bonds is 6. The van der Waals surface area contributed by atoms with Gasteiger partial charge >= 0.3 is 0 Å². The number of carbonyl (C=O) groups is 2. The van der Waals surface area contributed by atoms with Gasteiger partial charge in [0, 0.05) is 50.1 Å². The summed E-state index contributed by atoms with van der Waals surface area (Å²) in [6, 6.07) is 20.9. The van der Waals surface area contributed by atoms with Crippen LogP contribution in [-0.4, -0.2) is 54.9 Å². The molecule has 1 aliphatic heterocycles. The average molecular weight is 418 g/mol. The van der Waals surface area contributed by atoms with Crippen LogP contribution in [0.1, 0.15) is 22.5 Å². The van der Waals surface area contributed by atoms with Crippen LogP contribution in [0.5, 0.6) is 5.75 Å². The van der Waals surface area contributed by atoms with Gasteiger partial charge in [-0.1, -0.05) is 36.4 Å². The summed E-state index contributed by atoms with van der Waals surface area (Å²) in [5.74, 6) is 2.33. The Kier molecular flexibility index (Phi) is 6.36. The van der Waals surface area contributed by atoms with E-state index in [4.69, 9.17) is 9.15 Å². The standard InChI is InChI=1S/C25H26N2O4/c1-30-22-9-5-8-20(18-22)25(29)27-16-14-26(15-17-27)24(28)13-11-21-10-12-23(31-21)19-6-3-2-4-7-19/h2-10,12,18H,11,13-17H2,1H3. The highest BCUT2D eigenvalue weighted by atomic mass is 16.5. The molecule has 0 N–H and O–H groups in total. The number of methoxy groups -OCH3 is 1. The maximum Gasteiger partial charge on any atom is 0.254 e. The lowest BCUT2D eigenvalue weighted by atomic mass is 10.1. The second kappa shape index (κ2) is 9.51. The van der Waals surface area contributed by atoms with Crippen LogP contribution >= 0.6 is 0 Å². The van der Waals surface area contributed by atoms with Crippen molar-refractivity contribution in [3.8, 4) is 17.1 Å². The molecule has 3 aromatic rings. The van der Waals surface area contributed by atoms with Crippen molar-refractivity contribution in [2.24, 2.45) is 0 Å². The molecule has 0 spiro atoms. The molecule has 0 bridgehead atoms. The predicted octanol–water partition coefficient (Wildman–Crippen LogP) is 3.87. The zero-order valence-corrected chi connectivity index (χ0v) is 17.6. The molecule has 1 saturated heterocycles. The highest BCUT2D eigenvalue weighted by Gasteiger charge is 2.25. The summed E-state index contributed by atoms with van der Waals surface area (Å²) in [4.78, 5) is 29.0. The zero-order valence-electron chi connectivity index (χ0n) is 17.6. The van der Waals surface area contributed by atoms with Gasteiger partial charge in [-0.2, -0.15) is 0 Å². The fourth-order valence-electron chi connectivity index (χ4n) is 3.76. The molecule has 0 aliphatic carbocycles. The Bertz CT molecular complexity index is 1040. The van der Waals surface area contributed by atoms with Crippen molar-refractivity contribution in [2.75, 3.05) is 33.3 Å². The number of furan rings is 1. The fourth-order valence-corrected chi connectivity index (χ4v) is 3.76. The predicted molar refractivity (Wildman–Crippen MR) is 118 cm³/mol. The van der Waals surface area contributed by atoms with E-state index in [1.54, 1.807) is 24.1 Å². The number of amides is 2. The number of hydrogen-bond acceptors (Lipinski definition) is 4. The fraction of sp³-hybridized carbons (Fsp3) is 0.280. The first-order valence-corrected chi connectivity index (χ1v) is 10.5. The molecule has 1 aromatic heterocycles. The Morgan fingerprint density at radius 1 is 0.903 bits per heavy atom. The molecule has 4 rings (SSSR count). The molecular weight excluding hydrogens is 392 g/mol. The maximum absolute atomic E-state index is 12.7. The highest BCUT2D eigenvalue weighted by molar-refractivity contribution is 5.94. The summed E-state index contributed by atoms with van der Waals surface area (Å²) >= 11 is 0. The third-order valence-corrected chi connectivity index (χ3v) is 5.54. The quantitative estimate of drug-likeness (QED) is 0.610. The molecule has 2 aromatic carbocycles. The number of carbonyl (C=O) groups excluding carboxylic acids is 2. The second-order valence-corrected chi connectivity index (χ2v) is 7.54. The van der Waals surface area contributed by atoms with Crippen molar-refractivity contribution in [3.05, 3.63) is 78.1 Å². The van der Waals surface area contributed by atoms with Gasteiger partial charge in [-0.05, 0) is 30.3 Å². The summed E-state index contributed by atoms with van der Waals surface area (Å²) in [6.45, 7) is 2.14. The van der Waals surface area contributed by atoms with Crippen LogP contribution < -0.4 is 4.74 Å². The average Bonchev–Trinajstić information content (AvgIpc) is 3.32. The van der Waals surface area contributed by atoms with Crippen molar-refractivity contribution in [3.63, 3.8) is 0 Å². The first-order valence-electron chi connectivity index (χ1n) is 10.5. The van der Waals surface area contributed by atoms with Crippen LogP contribution in [-0.2, 0) is 11.2 Å². The van der Waals surface area contributed by atoms with Gasteiger partial charge in [-0.3, -0.25) is 9.59 Å². The van der Waals surface area contributed by atoms with E-state index < -0.39 is 0 Å². The molecule has 6 nitrogen and oxygen atoms in total. The van der Waals surface area contributed by atoms with E-state index in [0.717, 1.165) is 17.1 Å². The summed E-state index contributed by atoms with van der Waals surface area (Å²) in [6.07, 6.45) is 0.959. The molecule has 0 unspecified atom stereocenters. The monoisotopic (exact) mass is 418 g/mol. The van der Waals surface area contributed by atoms with Crippen LogP contribution in [0.3, 0.4) is 0 Å². The Labute approximate surface area is 182 Å². The van der Waals surface area contributed by atoms with Gasteiger partial charge in [0.15, 0.2) is 0 Å². The number of piperazine rings is 1. The van der Waals surface area contributed by atoms with Gasteiger partial charge in [0.2, 0.25) is 5.91 Å². The van der Waals surface area contributed by atoms with Crippen molar-refractivity contribution in [1.29, 1.82) is 0 Å². The zero-order chi connectivity index (χ0) is 21.6. The SMILES string of the molecule is COc1cccc(C(=O)N2CCN(C(=O)CCc3ccc(-c4ccccc4)o3)CC2)c1. The summed E-state index contributed by atoms with van der Waals surface area (Å²) in [5, 5.41) is 0. The van der Waals surface area contributed by atoms with Gasteiger partial charge in [-0.25, -0.2) is 0 Å². The summed E-state index contributed by atoms with van der Waals surface area (Å²) < 4.78 is 11.1. The summed E-state index contributed by atoms with van der Waals surface area (Å²) in [7, 11) is 1.58. The minimum Gasteiger partial charge on any atom is -0.497 e. The Morgan fingerprint density at radius 3 is 2.39 bits per heavy atom. The second-order valence-electron chi connectivity index (χ2n) is 7.54. The Hall–Kier alpha value is -3.54. The molecule has 160 valence electrons. The molecule has 2 heterocycles.